The number of carbonyl (C=O) groups excluding carboxylic acids is 1. The number of benzene rings is 2. The van der Waals surface area contributed by atoms with E-state index in [0.29, 0.717) is 0 Å². The third-order valence-corrected chi connectivity index (χ3v) is 5.60. The SMILES string of the molecule is CS(=O)(=O)c1ccc(NCCNC(=O)C(c2ccccc2)n2cccn2)c([N+](=O)[O-])c1. The van der Waals surface area contributed by atoms with E-state index in [0.717, 1.165) is 17.9 Å². The van der Waals surface area contributed by atoms with Gasteiger partial charge in [-0.1, -0.05) is 30.3 Å². The fourth-order valence-corrected chi connectivity index (χ4v) is 3.66. The predicted octanol–water partition coefficient (Wildman–Crippen LogP) is 2.01. The molecule has 11 heteroatoms. The molecule has 10 nitrogen and oxygen atoms in total. The topological polar surface area (TPSA) is 136 Å². The van der Waals surface area contributed by atoms with Crippen molar-refractivity contribution in [1.29, 1.82) is 0 Å². The lowest BCUT2D eigenvalue weighted by atomic mass is 10.1. The maximum absolute atomic E-state index is 12.8. The monoisotopic (exact) mass is 443 g/mol. The summed E-state index contributed by atoms with van der Waals surface area (Å²) in [4.78, 5) is 23.3. The Labute approximate surface area is 179 Å². The van der Waals surface area contributed by atoms with Crippen molar-refractivity contribution in [2.45, 2.75) is 10.9 Å². The summed E-state index contributed by atoms with van der Waals surface area (Å²) in [7, 11) is -3.57. The molecule has 31 heavy (non-hydrogen) atoms. The minimum Gasteiger partial charge on any atom is -0.378 e. The Morgan fingerprint density at radius 3 is 2.52 bits per heavy atom. The van der Waals surface area contributed by atoms with Gasteiger partial charge >= 0.3 is 0 Å². The first-order valence-corrected chi connectivity index (χ1v) is 11.2. The van der Waals surface area contributed by atoms with Crippen molar-refractivity contribution < 1.29 is 18.1 Å². The van der Waals surface area contributed by atoms with Crippen LogP contribution in [-0.2, 0) is 14.6 Å². The Balaban J connectivity index is 1.66. The second kappa shape index (κ2) is 9.39. The largest absolute Gasteiger partial charge is 0.378 e. The van der Waals surface area contributed by atoms with Gasteiger partial charge in [0.1, 0.15) is 5.69 Å². The lowest BCUT2D eigenvalue weighted by molar-refractivity contribution is -0.384. The molecule has 1 amide bonds. The highest BCUT2D eigenvalue weighted by atomic mass is 32.2. The number of amides is 1. The van der Waals surface area contributed by atoms with E-state index in [4.69, 9.17) is 0 Å². The Kier molecular flexibility index (Phi) is 6.65. The Morgan fingerprint density at radius 1 is 1.16 bits per heavy atom. The fraction of sp³-hybridized carbons (Fsp3) is 0.200. The van der Waals surface area contributed by atoms with Gasteiger partial charge in [-0.25, -0.2) is 8.42 Å². The fourth-order valence-electron chi connectivity index (χ4n) is 3.02. The van der Waals surface area contributed by atoms with Crippen LogP contribution in [0.3, 0.4) is 0 Å². The number of aromatic nitrogens is 2. The Bertz CT molecular complexity index is 1160. The molecule has 0 saturated carbocycles. The summed E-state index contributed by atoms with van der Waals surface area (Å²) in [5.41, 5.74) is 0.579. The third-order valence-electron chi connectivity index (χ3n) is 4.49. The highest BCUT2D eigenvalue weighted by Crippen LogP contribution is 2.27. The molecule has 0 aliphatic heterocycles. The normalized spacial score (nSPS) is 12.2. The number of nitro groups is 1. The maximum Gasteiger partial charge on any atom is 0.293 e. The standard InChI is InChI=1S/C20H21N5O5S/c1-31(29,30)16-8-9-17(18(14-16)25(27)28)21-11-12-22-20(26)19(24-13-5-10-23-24)15-6-3-2-4-7-15/h2-10,13-14,19,21H,11-12H2,1H3,(H,22,26). The molecular formula is C20H21N5O5S. The lowest BCUT2D eigenvalue weighted by Crippen LogP contribution is -2.36. The molecule has 0 saturated heterocycles. The number of nitro benzene ring substituents is 1. The molecule has 0 spiro atoms. The Hall–Kier alpha value is -3.73. The van der Waals surface area contributed by atoms with E-state index in [-0.39, 0.29) is 35.3 Å². The number of hydrogen-bond acceptors (Lipinski definition) is 7. The summed E-state index contributed by atoms with van der Waals surface area (Å²) in [6, 6.07) is 13.9. The molecule has 162 valence electrons. The summed E-state index contributed by atoms with van der Waals surface area (Å²) in [5, 5.41) is 21.1. The van der Waals surface area contributed by atoms with E-state index in [9.17, 15) is 23.3 Å². The molecule has 2 N–H and O–H groups in total. The molecule has 0 bridgehead atoms. The molecular weight excluding hydrogens is 422 g/mol. The molecule has 2 aromatic carbocycles. The molecule has 1 heterocycles. The van der Waals surface area contributed by atoms with Crippen molar-refractivity contribution in [3.05, 3.63) is 82.7 Å². The third kappa shape index (κ3) is 5.45. The van der Waals surface area contributed by atoms with Crippen molar-refractivity contribution in [2.24, 2.45) is 0 Å². The van der Waals surface area contributed by atoms with Crippen molar-refractivity contribution in [1.82, 2.24) is 15.1 Å². The van der Waals surface area contributed by atoms with Crippen LogP contribution in [0.25, 0.3) is 0 Å². The average Bonchev–Trinajstić information content (AvgIpc) is 3.25. The van der Waals surface area contributed by atoms with Crippen molar-refractivity contribution in [3.8, 4) is 0 Å². The zero-order chi connectivity index (χ0) is 22.4. The molecule has 1 aromatic heterocycles. The summed E-state index contributed by atoms with van der Waals surface area (Å²) >= 11 is 0. The van der Waals surface area contributed by atoms with Gasteiger partial charge in [0.15, 0.2) is 15.9 Å². The van der Waals surface area contributed by atoms with Crippen LogP contribution in [0.2, 0.25) is 0 Å². The van der Waals surface area contributed by atoms with Gasteiger partial charge < -0.3 is 10.6 Å². The lowest BCUT2D eigenvalue weighted by Gasteiger charge is -2.18. The molecule has 0 aliphatic rings. The van der Waals surface area contributed by atoms with Gasteiger partial charge in [0.2, 0.25) is 5.91 Å². The van der Waals surface area contributed by atoms with Gasteiger partial charge in [0.05, 0.1) is 9.82 Å². The van der Waals surface area contributed by atoms with Gasteiger partial charge in [0, 0.05) is 37.8 Å². The Morgan fingerprint density at radius 2 is 1.90 bits per heavy atom. The quantitative estimate of drug-likeness (QED) is 0.293. The van der Waals surface area contributed by atoms with E-state index in [1.165, 1.54) is 12.1 Å². The van der Waals surface area contributed by atoms with E-state index < -0.39 is 20.8 Å². The molecule has 0 radical (unpaired) electrons. The van der Waals surface area contributed by atoms with Crippen LogP contribution < -0.4 is 10.6 Å². The van der Waals surface area contributed by atoms with Crippen LogP contribution in [0, 0.1) is 10.1 Å². The van der Waals surface area contributed by atoms with Gasteiger partial charge in [0.25, 0.3) is 5.69 Å². The van der Waals surface area contributed by atoms with E-state index in [1.807, 2.05) is 30.3 Å². The highest BCUT2D eigenvalue weighted by Gasteiger charge is 2.23. The van der Waals surface area contributed by atoms with Gasteiger partial charge in [-0.2, -0.15) is 5.10 Å². The molecule has 1 unspecified atom stereocenters. The smallest absolute Gasteiger partial charge is 0.293 e. The van der Waals surface area contributed by atoms with Gasteiger partial charge in [-0.05, 0) is 23.8 Å². The second-order valence-corrected chi connectivity index (χ2v) is 8.74. The van der Waals surface area contributed by atoms with Crippen LogP contribution >= 0.6 is 0 Å². The van der Waals surface area contributed by atoms with Gasteiger partial charge in [-0.15, -0.1) is 0 Å². The van der Waals surface area contributed by atoms with Crippen LogP contribution in [-0.4, -0.2) is 48.4 Å². The predicted molar refractivity (Wildman–Crippen MR) is 115 cm³/mol. The van der Waals surface area contributed by atoms with E-state index >= 15 is 0 Å². The van der Waals surface area contributed by atoms with E-state index in [2.05, 4.69) is 15.7 Å². The molecule has 3 aromatic rings. The van der Waals surface area contributed by atoms with Crippen molar-refractivity contribution in [2.75, 3.05) is 24.7 Å². The van der Waals surface area contributed by atoms with Crippen LogP contribution in [0.1, 0.15) is 11.6 Å². The number of nitrogens with one attached hydrogen (secondary N) is 2. The first-order chi connectivity index (χ1) is 14.8. The molecule has 1 atom stereocenters. The zero-order valence-electron chi connectivity index (χ0n) is 16.6. The zero-order valence-corrected chi connectivity index (χ0v) is 17.5. The number of hydrogen-bond donors (Lipinski definition) is 2. The first-order valence-electron chi connectivity index (χ1n) is 9.31. The van der Waals surface area contributed by atoms with Crippen LogP contribution in [0.5, 0.6) is 0 Å². The maximum atomic E-state index is 12.8. The number of anilines is 1. The molecule has 0 aliphatic carbocycles. The number of rotatable bonds is 9. The van der Waals surface area contributed by atoms with Crippen molar-refractivity contribution in [3.63, 3.8) is 0 Å². The summed E-state index contributed by atoms with van der Waals surface area (Å²) < 4.78 is 24.8. The van der Waals surface area contributed by atoms with Crippen molar-refractivity contribution >= 4 is 27.1 Å². The minimum atomic E-state index is -3.57. The molecule has 0 fully saturated rings. The number of carbonyl (C=O) groups is 1. The first kappa shape index (κ1) is 22.0. The second-order valence-electron chi connectivity index (χ2n) is 6.73. The van der Waals surface area contributed by atoms with Crippen LogP contribution in [0.15, 0.2) is 71.9 Å². The highest BCUT2D eigenvalue weighted by molar-refractivity contribution is 7.90. The minimum absolute atomic E-state index is 0.136. The summed E-state index contributed by atoms with van der Waals surface area (Å²) in [6.07, 6.45) is 4.27. The summed E-state index contributed by atoms with van der Waals surface area (Å²) in [5.74, 6) is -0.279. The number of nitrogens with zero attached hydrogens (tertiary/aromatic N) is 3. The van der Waals surface area contributed by atoms with Crippen LogP contribution in [0.4, 0.5) is 11.4 Å². The summed E-state index contributed by atoms with van der Waals surface area (Å²) in [6.45, 7) is 0.389. The molecule has 3 rings (SSSR count). The average molecular weight is 443 g/mol. The van der Waals surface area contributed by atoms with Gasteiger partial charge in [-0.3, -0.25) is 19.6 Å². The number of sulfone groups is 1. The van der Waals surface area contributed by atoms with E-state index in [1.54, 1.807) is 23.1 Å².